The van der Waals surface area contributed by atoms with E-state index in [0.717, 1.165) is 5.56 Å². The predicted octanol–water partition coefficient (Wildman–Crippen LogP) is 4.50. The molecule has 158 valence electrons. The van der Waals surface area contributed by atoms with E-state index in [1.807, 2.05) is 12.1 Å². The van der Waals surface area contributed by atoms with Crippen LogP contribution in [0, 0.1) is 6.92 Å². The third kappa shape index (κ3) is 5.13. The number of anilines is 1. The minimum atomic E-state index is -0.200. The summed E-state index contributed by atoms with van der Waals surface area (Å²) in [5.41, 5.74) is 2.83. The Bertz CT molecular complexity index is 1040. The van der Waals surface area contributed by atoms with E-state index in [-0.39, 0.29) is 18.2 Å². The standard InChI is InChI=1S/C22H26N4O3S/c1-13(2)15-6-8-16(9-7-15)17-12-23-19(29-17)11-10-18(27)25-22-24-14(3)20(30-22)21(28)26(4)5/h6-9,12-13H,10-11H2,1-5H3,(H,24,25,27). The van der Waals surface area contributed by atoms with E-state index in [9.17, 15) is 9.59 Å². The maximum Gasteiger partial charge on any atom is 0.265 e. The molecule has 3 aromatic rings. The lowest BCUT2D eigenvalue weighted by atomic mass is 10.0. The number of nitrogens with one attached hydrogen (secondary N) is 1. The zero-order valence-corrected chi connectivity index (χ0v) is 18.7. The summed E-state index contributed by atoms with van der Waals surface area (Å²) in [6, 6.07) is 8.20. The van der Waals surface area contributed by atoms with E-state index in [0.29, 0.717) is 39.7 Å². The Morgan fingerprint density at radius 2 is 1.90 bits per heavy atom. The second kappa shape index (κ2) is 9.21. The van der Waals surface area contributed by atoms with Crippen molar-refractivity contribution in [2.24, 2.45) is 0 Å². The molecule has 0 aliphatic carbocycles. The second-order valence-electron chi connectivity index (χ2n) is 7.58. The minimum absolute atomic E-state index is 0.126. The lowest BCUT2D eigenvalue weighted by molar-refractivity contribution is -0.116. The lowest BCUT2D eigenvalue weighted by Crippen LogP contribution is -2.21. The maximum atomic E-state index is 12.3. The second-order valence-corrected chi connectivity index (χ2v) is 8.58. The summed E-state index contributed by atoms with van der Waals surface area (Å²) in [4.78, 5) is 35.0. The fraction of sp³-hybridized carbons (Fsp3) is 0.364. The molecule has 0 saturated heterocycles. The molecule has 0 bridgehead atoms. The van der Waals surface area contributed by atoms with Crippen molar-refractivity contribution in [2.45, 2.75) is 39.5 Å². The van der Waals surface area contributed by atoms with Crippen molar-refractivity contribution >= 4 is 28.3 Å². The van der Waals surface area contributed by atoms with Gasteiger partial charge in [-0.25, -0.2) is 9.97 Å². The van der Waals surface area contributed by atoms with Gasteiger partial charge in [-0.15, -0.1) is 0 Å². The summed E-state index contributed by atoms with van der Waals surface area (Å²) in [6.07, 6.45) is 2.27. The van der Waals surface area contributed by atoms with Crippen molar-refractivity contribution in [3.8, 4) is 11.3 Å². The summed E-state index contributed by atoms with van der Waals surface area (Å²) in [5.74, 6) is 1.34. The number of hydrogen-bond acceptors (Lipinski definition) is 6. The Morgan fingerprint density at radius 3 is 2.53 bits per heavy atom. The summed E-state index contributed by atoms with van der Waals surface area (Å²) in [7, 11) is 3.37. The van der Waals surface area contributed by atoms with Crippen molar-refractivity contribution in [3.63, 3.8) is 0 Å². The molecule has 0 fully saturated rings. The van der Waals surface area contributed by atoms with Crippen LogP contribution in [0.15, 0.2) is 34.9 Å². The molecule has 1 aromatic carbocycles. The van der Waals surface area contributed by atoms with Gasteiger partial charge in [0.1, 0.15) is 4.88 Å². The van der Waals surface area contributed by atoms with Gasteiger partial charge in [-0.05, 0) is 18.4 Å². The number of amides is 2. The smallest absolute Gasteiger partial charge is 0.265 e. The molecule has 0 radical (unpaired) electrons. The number of carbonyl (C=O) groups is 2. The normalized spacial score (nSPS) is 11.0. The van der Waals surface area contributed by atoms with Crippen molar-refractivity contribution in [2.75, 3.05) is 19.4 Å². The largest absolute Gasteiger partial charge is 0.441 e. The Labute approximate surface area is 180 Å². The lowest BCUT2D eigenvalue weighted by Gasteiger charge is -2.07. The molecule has 0 atom stereocenters. The number of benzene rings is 1. The monoisotopic (exact) mass is 426 g/mol. The van der Waals surface area contributed by atoms with Gasteiger partial charge in [-0.2, -0.15) is 0 Å². The van der Waals surface area contributed by atoms with Crippen LogP contribution in [0.25, 0.3) is 11.3 Å². The van der Waals surface area contributed by atoms with Gasteiger partial charge in [-0.3, -0.25) is 9.59 Å². The molecule has 0 unspecified atom stereocenters. The highest BCUT2D eigenvalue weighted by Crippen LogP contribution is 2.25. The summed E-state index contributed by atoms with van der Waals surface area (Å²) in [5, 5.41) is 3.17. The maximum absolute atomic E-state index is 12.3. The summed E-state index contributed by atoms with van der Waals surface area (Å²) in [6.45, 7) is 6.06. The molecule has 0 aliphatic rings. The van der Waals surface area contributed by atoms with Gasteiger partial charge in [-0.1, -0.05) is 49.4 Å². The first-order valence-corrected chi connectivity index (χ1v) is 10.6. The molecule has 2 amide bonds. The highest BCUT2D eigenvalue weighted by Gasteiger charge is 2.18. The van der Waals surface area contributed by atoms with Crippen LogP contribution in [0.5, 0.6) is 0 Å². The van der Waals surface area contributed by atoms with E-state index in [1.165, 1.54) is 21.8 Å². The van der Waals surface area contributed by atoms with Crippen LogP contribution >= 0.6 is 11.3 Å². The number of nitrogens with zero attached hydrogens (tertiary/aromatic N) is 3. The van der Waals surface area contributed by atoms with Gasteiger partial charge in [0.25, 0.3) is 5.91 Å². The first-order chi connectivity index (χ1) is 14.2. The first-order valence-electron chi connectivity index (χ1n) is 9.78. The van der Waals surface area contributed by atoms with Crippen LogP contribution in [-0.4, -0.2) is 40.8 Å². The SMILES string of the molecule is Cc1nc(NC(=O)CCc2ncc(-c3ccc(C(C)C)cc3)o2)sc1C(=O)N(C)C. The zero-order valence-electron chi connectivity index (χ0n) is 17.9. The van der Waals surface area contributed by atoms with Gasteiger partial charge in [0, 0.05) is 32.5 Å². The fourth-order valence-electron chi connectivity index (χ4n) is 2.85. The van der Waals surface area contributed by atoms with E-state index in [4.69, 9.17) is 4.42 Å². The molecule has 30 heavy (non-hydrogen) atoms. The number of thiazole rings is 1. The third-order valence-corrected chi connectivity index (χ3v) is 5.69. The van der Waals surface area contributed by atoms with Crippen molar-refractivity contribution < 1.29 is 14.0 Å². The Hall–Kier alpha value is -3.00. The van der Waals surface area contributed by atoms with E-state index < -0.39 is 0 Å². The highest BCUT2D eigenvalue weighted by atomic mass is 32.1. The number of aryl methyl sites for hydroxylation is 2. The molecule has 1 N–H and O–H groups in total. The van der Waals surface area contributed by atoms with Crippen molar-refractivity contribution in [3.05, 3.63) is 52.5 Å². The molecule has 2 heterocycles. The Morgan fingerprint density at radius 1 is 1.20 bits per heavy atom. The van der Waals surface area contributed by atoms with Crippen molar-refractivity contribution in [1.29, 1.82) is 0 Å². The fourth-order valence-corrected chi connectivity index (χ4v) is 3.85. The number of oxazole rings is 1. The van der Waals surface area contributed by atoms with Crippen LogP contribution in [0.2, 0.25) is 0 Å². The van der Waals surface area contributed by atoms with E-state index in [2.05, 4.69) is 41.3 Å². The van der Waals surface area contributed by atoms with Crippen LogP contribution in [0.3, 0.4) is 0 Å². The molecule has 0 spiro atoms. The van der Waals surface area contributed by atoms with E-state index >= 15 is 0 Å². The average Bonchev–Trinajstić information content (AvgIpc) is 3.32. The number of rotatable bonds is 7. The topological polar surface area (TPSA) is 88.3 Å². The molecule has 0 aliphatic heterocycles. The Balaban J connectivity index is 1.57. The van der Waals surface area contributed by atoms with Crippen LogP contribution in [0.4, 0.5) is 5.13 Å². The number of carbonyl (C=O) groups excluding carboxylic acids is 2. The van der Waals surface area contributed by atoms with Gasteiger partial charge in [0.2, 0.25) is 5.91 Å². The molecular weight excluding hydrogens is 400 g/mol. The third-order valence-electron chi connectivity index (χ3n) is 4.62. The molecule has 3 rings (SSSR count). The van der Waals surface area contributed by atoms with E-state index in [1.54, 1.807) is 27.2 Å². The molecule has 7 nitrogen and oxygen atoms in total. The summed E-state index contributed by atoms with van der Waals surface area (Å²) < 4.78 is 5.80. The predicted molar refractivity (Wildman–Crippen MR) is 118 cm³/mol. The van der Waals surface area contributed by atoms with Gasteiger partial charge in [0.05, 0.1) is 11.9 Å². The minimum Gasteiger partial charge on any atom is -0.441 e. The molecule has 8 heteroatoms. The molecule has 0 saturated carbocycles. The Kier molecular flexibility index (Phi) is 6.66. The van der Waals surface area contributed by atoms with Crippen LogP contribution in [-0.2, 0) is 11.2 Å². The zero-order chi connectivity index (χ0) is 21.8. The number of hydrogen-bond donors (Lipinski definition) is 1. The van der Waals surface area contributed by atoms with Gasteiger partial charge < -0.3 is 14.6 Å². The molecular formula is C22H26N4O3S. The van der Waals surface area contributed by atoms with Crippen LogP contribution < -0.4 is 5.32 Å². The quantitative estimate of drug-likeness (QED) is 0.601. The average molecular weight is 427 g/mol. The van der Waals surface area contributed by atoms with Gasteiger partial charge >= 0.3 is 0 Å². The first kappa shape index (κ1) is 21.7. The van der Waals surface area contributed by atoms with Gasteiger partial charge in [0.15, 0.2) is 16.8 Å². The number of aromatic nitrogens is 2. The van der Waals surface area contributed by atoms with Crippen LogP contribution in [0.1, 0.15) is 53.0 Å². The van der Waals surface area contributed by atoms with Crippen molar-refractivity contribution in [1.82, 2.24) is 14.9 Å². The molecule has 2 aromatic heterocycles. The summed E-state index contributed by atoms with van der Waals surface area (Å²) >= 11 is 1.18. The highest BCUT2D eigenvalue weighted by molar-refractivity contribution is 7.17.